The molecule has 1 heterocycles. The minimum Gasteiger partial charge on any atom is -0.397 e. The van der Waals surface area contributed by atoms with Crippen molar-refractivity contribution in [3.05, 3.63) is 70.6 Å². The standard InChI is InChI=1S/C19H17ClFN5S/c1-10-2-4-12(9-15(10)21)27-26-11-3-5-13(14(20)8-11)17-7-6-16(22)18(25-17)19(23)24/h2-9,26H,22H2,1H3,(H3,23,24). The van der Waals surface area contributed by atoms with Gasteiger partial charge in [0.2, 0.25) is 0 Å². The van der Waals surface area contributed by atoms with E-state index in [1.54, 1.807) is 31.2 Å². The highest BCUT2D eigenvalue weighted by Crippen LogP contribution is 2.32. The monoisotopic (exact) mass is 401 g/mol. The van der Waals surface area contributed by atoms with E-state index in [1.165, 1.54) is 18.0 Å². The number of anilines is 2. The average Bonchev–Trinajstić information content (AvgIpc) is 2.63. The molecule has 5 nitrogen and oxygen atoms in total. The van der Waals surface area contributed by atoms with Crippen LogP contribution in [0.1, 0.15) is 11.3 Å². The Morgan fingerprint density at radius 2 is 1.96 bits per heavy atom. The van der Waals surface area contributed by atoms with Gasteiger partial charge in [0.05, 0.1) is 16.4 Å². The van der Waals surface area contributed by atoms with Gasteiger partial charge in [0.1, 0.15) is 17.3 Å². The van der Waals surface area contributed by atoms with Crippen molar-refractivity contribution in [3.8, 4) is 11.3 Å². The molecule has 6 N–H and O–H groups in total. The van der Waals surface area contributed by atoms with Crippen LogP contribution in [0.3, 0.4) is 0 Å². The van der Waals surface area contributed by atoms with E-state index in [4.69, 9.17) is 28.5 Å². The maximum absolute atomic E-state index is 13.6. The molecule has 0 saturated carbocycles. The van der Waals surface area contributed by atoms with Crippen LogP contribution in [-0.4, -0.2) is 10.8 Å². The van der Waals surface area contributed by atoms with Crippen molar-refractivity contribution in [1.29, 1.82) is 5.41 Å². The van der Waals surface area contributed by atoms with Crippen molar-refractivity contribution in [3.63, 3.8) is 0 Å². The second kappa shape index (κ2) is 7.85. The summed E-state index contributed by atoms with van der Waals surface area (Å²) in [6, 6.07) is 13.8. The number of aryl methyl sites for hydroxylation is 1. The Hall–Kier alpha value is -2.77. The first kappa shape index (κ1) is 19.0. The van der Waals surface area contributed by atoms with E-state index >= 15 is 0 Å². The third-order valence-corrected chi connectivity index (χ3v) is 5.00. The van der Waals surface area contributed by atoms with Crippen LogP contribution in [0.2, 0.25) is 5.02 Å². The van der Waals surface area contributed by atoms with Crippen LogP contribution in [0.25, 0.3) is 11.3 Å². The minimum atomic E-state index is -0.245. The van der Waals surface area contributed by atoms with Gasteiger partial charge in [-0.25, -0.2) is 9.37 Å². The summed E-state index contributed by atoms with van der Waals surface area (Å²) >= 11 is 7.69. The molecule has 1 aromatic heterocycles. The normalized spacial score (nSPS) is 10.6. The van der Waals surface area contributed by atoms with Gasteiger partial charge in [-0.3, -0.25) is 5.41 Å². The molecule has 0 spiro atoms. The Kier molecular flexibility index (Phi) is 5.53. The molecule has 0 aliphatic carbocycles. The second-order valence-electron chi connectivity index (χ2n) is 5.86. The number of rotatable bonds is 5. The lowest BCUT2D eigenvalue weighted by atomic mass is 10.1. The van der Waals surface area contributed by atoms with Gasteiger partial charge in [-0.05, 0) is 66.9 Å². The predicted octanol–water partition coefficient (Wildman–Crippen LogP) is 4.83. The van der Waals surface area contributed by atoms with Gasteiger partial charge < -0.3 is 16.2 Å². The van der Waals surface area contributed by atoms with Crippen molar-refractivity contribution >= 4 is 40.8 Å². The van der Waals surface area contributed by atoms with Gasteiger partial charge in [0.25, 0.3) is 0 Å². The molecule has 0 atom stereocenters. The molecular weight excluding hydrogens is 385 g/mol. The SMILES string of the molecule is Cc1ccc(SNc2ccc(-c3ccc(N)c(C(=N)N)n3)c(Cl)c2)cc1F. The lowest BCUT2D eigenvalue weighted by Crippen LogP contribution is -2.16. The predicted molar refractivity (Wildman–Crippen MR) is 111 cm³/mol. The van der Waals surface area contributed by atoms with Gasteiger partial charge in [-0.2, -0.15) is 0 Å². The number of nitrogen functional groups attached to an aromatic ring is 2. The zero-order chi connectivity index (χ0) is 19.6. The van der Waals surface area contributed by atoms with Gasteiger partial charge in [0.15, 0.2) is 0 Å². The molecule has 0 radical (unpaired) electrons. The molecular formula is C19H17ClFN5S. The summed E-state index contributed by atoms with van der Waals surface area (Å²) < 4.78 is 16.8. The van der Waals surface area contributed by atoms with Gasteiger partial charge in [-0.1, -0.05) is 17.7 Å². The molecule has 3 aromatic rings. The number of amidine groups is 1. The fourth-order valence-corrected chi connectivity index (χ4v) is 3.32. The highest BCUT2D eigenvalue weighted by Gasteiger charge is 2.11. The summed E-state index contributed by atoms with van der Waals surface area (Å²) in [5.74, 6) is -0.448. The van der Waals surface area contributed by atoms with E-state index in [-0.39, 0.29) is 17.3 Å². The molecule has 138 valence electrons. The third kappa shape index (κ3) is 4.32. The number of nitrogens with two attached hydrogens (primary N) is 2. The zero-order valence-electron chi connectivity index (χ0n) is 14.4. The number of aromatic nitrogens is 1. The van der Waals surface area contributed by atoms with Gasteiger partial charge in [-0.15, -0.1) is 0 Å². The van der Waals surface area contributed by atoms with Crippen LogP contribution in [0.15, 0.2) is 53.4 Å². The summed E-state index contributed by atoms with van der Waals surface area (Å²) in [5.41, 5.74) is 14.5. The lowest BCUT2D eigenvalue weighted by Gasteiger charge is -2.11. The summed E-state index contributed by atoms with van der Waals surface area (Å²) in [6.07, 6.45) is 0. The first-order valence-corrected chi connectivity index (χ1v) is 9.14. The topological polar surface area (TPSA) is 101 Å². The summed E-state index contributed by atoms with van der Waals surface area (Å²) in [5, 5.41) is 8.03. The quantitative estimate of drug-likeness (QED) is 0.278. The number of hydrogen-bond donors (Lipinski definition) is 4. The fraction of sp³-hybridized carbons (Fsp3) is 0.0526. The van der Waals surface area contributed by atoms with E-state index in [9.17, 15) is 4.39 Å². The summed E-state index contributed by atoms with van der Waals surface area (Å²) in [7, 11) is 0. The Labute approximate surface area is 165 Å². The molecule has 27 heavy (non-hydrogen) atoms. The van der Waals surface area contributed by atoms with Crippen LogP contribution >= 0.6 is 23.5 Å². The van der Waals surface area contributed by atoms with Crippen LogP contribution < -0.4 is 16.2 Å². The fourth-order valence-electron chi connectivity index (χ4n) is 2.38. The first-order chi connectivity index (χ1) is 12.8. The van der Waals surface area contributed by atoms with E-state index < -0.39 is 0 Å². The van der Waals surface area contributed by atoms with Crippen LogP contribution in [0.4, 0.5) is 15.8 Å². The highest BCUT2D eigenvalue weighted by molar-refractivity contribution is 8.00. The maximum Gasteiger partial charge on any atom is 0.143 e. The molecule has 0 aliphatic heterocycles. The zero-order valence-corrected chi connectivity index (χ0v) is 16.0. The third-order valence-electron chi connectivity index (χ3n) is 3.86. The van der Waals surface area contributed by atoms with E-state index in [0.29, 0.717) is 27.5 Å². The minimum absolute atomic E-state index is 0.203. The van der Waals surface area contributed by atoms with Crippen molar-refractivity contribution < 1.29 is 4.39 Å². The first-order valence-electron chi connectivity index (χ1n) is 7.95. The number of hydrogen-bond acceptors (Lipinski definition) is 5. The molecule has 2 aromatic carbocycles. The molecule has 0 amide bonds. The highest BCUT2D eigenvalue weighted by atomic mass is 35.5. The number of pyridine rings is 1. The molecule has 0 saturated heterocycles. The number of benzene rings is 2. The molecule has 0 fully saturated rings. The Bertz CT molecular complexity index is 1020. The van der Waals surface area contributed by atoms with E-state index in [1.807, 2.05) is 18.2 Å². The lowest BCUT2D eigenvalue weighted by molar-refractivity contribution is 0.615. The van der Waals surface area contributed by atoms with Crippen LogP contribution in [0.5, 0.6) is 0 Å². The second-order valence-corrected chi connectivity index (χ2v) is 7.14. The van der Waals surface area contributed by atoms with Crippen LogP contribution in [-0.2, 0) is 0 Å². The van der Waals surface area contributed by atoms with Crippen molar-refractivity contribution in [2.75, 3.05) is 10.5 Å². The molecule has 3 rings (SSSR count). The van der Waals surface area contributed by atoms with Gasteiger partial charge >= 0.3 is 0 Å². The van der Waals surface area contributed by atoms with Crippen molar-refractivity contribution in [2.24, 2.45) is 5.73 Å². The van der Waals surface area contributed by atoms with Crippen molar-refractivity contribution in [2.45, 2.75) is 11.8 Å². The number of halogens is 2. The number of nitrogens with zero attached hydrogens (tertiary/aromatic N) is 1. The molecule has 0 aliphatic rings. The Morgan fingerprint density at radius 1 is 1.19 bits per heavy atom. The largest absolute Gasteiger partial charge is 0.397 e. The summed E-state index contributed by atoms with van der Waals surface area (Å²) in [6.45, 7) is 1.72. The molecule has 8 heteroatoms. The maximum atomic E-state index is 13.6. The number of nitrogens with one attached hydrogen (secondary N) is 2. The van der Waals surface area contributed by atoms with E-state index in [0.717, 1.165) is 10.6 Å². The Morgan fingerprint density at radius 3 is 2.63 bits per heavy atom. The van der Waals surface area contributed by atoms with Crippen molar-refractivity contribution in [1.82, 2.24) is 4.98 Å². The van der Waals surface area contributed by atoms with Crippen LogP contribution in [0, 0.1) is 18.2 Å². The average molecular weight is 402 g/mol. The smallest absolute Gasteiger partial charge is 0.143 e. The van der Waals surface area contributed by atoms with Gasteiger partial charge in [0, 0.05) is 16.1 Å². The molecule has 0 unspecified atom stereocenters. The Balaban J connectivity index is 1.80. The van der Waals surface area contributed by atoms with E-state index in [2.05, 4.69) is 9.71 Å². The molecule has 0 bridgehead atoms. The summed E-state index contributed by atoms with van der Waals surface area (Å²) in [4.78, 5) is 5.07.